The maximum Gasteiger partial charge on any atom is 0.253 e. The van der Waals surface area contributed by atoms with Gasteiger partial charge >= 0.3 is 0 Å². The van der Waals surface area contributed by atoms with Crippen molar-refractivity contribution in [3.63, 3.8) is 0 Å². The van der Waals surface area contributed by atoms with Gasteiger partial charge in [0.05, 0.1) is 27.8 Å². The van der Waals surface area contributed by atoms with Crippen molar-refractivity contribution in [1.82, 2.24) is 5.32 Å². The van der Waals surface area contributed by atoms with E-state index in [-0.39, 0.29) is 27.8 Å². The first-order chi connectivity index (χ1) is 10.9. The summed E-state index contributed by atoms with van der Waals surface area (Å²) in [5, 5.41) is 5.14. The fourth-order valence-corrected chi connectivity index (χ4v) is 2.39. The first-order valence-corrected chi connectivity index (χ1v) is 7.49. The van der Waals surface area contributed by atoms with Crippen molar-refractivity contribution in [2.45, 2.75) is 0 Å². The molecule has 120 valence electrons. The predicted molar refractivity (Wildman–Crippen MR) is 88.8 cm³/mol. The molecule has 0 unspecified atom stereocenters. The summed E-state index contributed by atoms with van der Waals surface area (Å²) in [5.41, 5.74) is 0.110. The van der Waals surface area contributed by atoms with Gasteiger partial charge in [0.25, 0.3) is 5.91 Å². The van der Waals surface area contributed by atoms with Crippen LogP contribution in [0, 0.1) is 5.82 Å². The molecule has 0 atom stereocenters. The molecule has 8 heteroatoms. The van der Waals surface area contributed by atoms with Crippen molar-refractivity contribution >= 4 is 52.3 Å². The van der Waals surface area contributed by atoms with E-state index in [0.29, 0.717) is 5.02 Å². The number of nitrogens with one attached hydrogen (secondary N) is 2. The smallest absolute Gasteiger partial charge is 0.253 e. The summed E-state index contributed by atoms with van der Waals surface area (Å²) < 4.78 is 13.7. The Morgan fingerprint density at radius 1 is 1.04 bits per heavy atom. The molecular formula is C15H10Cl3FN2O2. The minimum absolute atomic E-state index is 0.0683. The fraction of sp³-hybridized carbons (Fsp3) is 0.0667. The largest absolute Gasteiger partial charge is 0.343 e. The normalized spacial score (nSPS) is 10.3. The van der Waals surface area contributed by atoms with Crippen molar-refractivity contribution in [3.8, 4) is 0 Å². The lowest BCUT2D eigenvalue weighted by atomic mass is 10.2. The van der Waals surface area contributed by atoms with Crippen LogP contribution in [0.3, 0.4) is 0 Å². The second kappa shape index (κ2) is 7.64. The quantitative estimate of drug-likeness (QED) is 0.843. The highest BCUT2D eigenvalue weighted by molar-refractivity contribution is 6.36. The Kier molecular flexibility index (Phi) is 5.82. The molecule has 23 heavy (non-hydrogen) atoms. The number of rotatable bonds is 4. The first kappa shape index (κ1) is 17.5. The van der Waals surface area contributed by atoms with Crippen molar-refractivity contribution in [2.24, 2.45) is 0 Å². The van der Waals surface area contributed by atoms with E-state index in [4.69, 9.17) is 34.8 Å². The van der Waals surface area contributed by atoms with Crippen LogP contribution in [0.4, 0.5) is 10.1 Å². The molecule has 4 nitrogen and oxygen atoms in total. The van der Waals surface area contributed by atoms with E-state index in [2.05, 4.69) is 10.6 Å². The first-order valence-electron chi connectivity index (χ1n) is 6.35. The van der Waals surface area contributed by atoms with Crippen molar-refractivity contribution < 1.29 is 14.0 Å². The lowest BCUT2D eigenvalue weighted by molar-refractivity contribution is -0.115. The molecule has 0 radical (unpaired) electrons. The Balaban J connectivity index is 1.96. The average molecular weight is 376 g/mol. The SMILES string of the molecule is O=C(CNC(=O)c1ccc(Cl)cc1Cl)Nc1cccc(Cl)c1F. The van der Waals surface area contributed by atoms with Gasteiger partial charge in [-0.2, -0.15) is 0 Å². The molecule has 0 aromatic heterocycles. The zero-order valence-corrected chi connectivity index (χ0v) is 13.8. The molecule has 0 aliphatic rings. The number of hydrogen-bond acceptors (Lipinski definition) is 2. The lowest BCUT2D eigenvalue weighted by Crippen LogP contribution is -2.33. The summed E-state index contributed by atoms with van der Waals surface area (Å²) in [6.07, 6.45) is 0. The molecule has 0 saturated carbocycles. The molecule has 0 bridgehead atoms. The van der Waals surface area contributed by atoms with Crippen LogP contribution in [0.2, 0.25) is 15.1 Å². The fourth-order valence-electron chi connectivity index (χ4n) is 1.72. The Hall–Kier alpha value is -1.82. The third-order valence-corrected chi connectivity index (χ3v) is 3.65. The van der Waals surface area contributed by atoms with E-state index in [0.717, 1.165) is 0 Å². The maximum atomic E-state index is 13.7. The number of hydrogen-bond donors (Lipinski definition) is 2. The number of benzene rings is 2. The zero-order valence-electron chi connectivity index (χ0n) is 11.5. The molecule has 0 aliphatic heterocycles. The van der Waals surface area contributed by atoms with Gasteiger partial charge in [-0.25, -0.2) is 4.39 Å². The maximum absolute atomic E-state index is 13.7. The van der Waals surface area contributed by atoms with E-state index in [9.17, 15) is 14.0 Å². The molecule has 2 amide bonds. The van der Waals surface area contributed by atoms with Gasteiger partial charge in [-0.3, -0.25) is 9.59 Å². The van der Waals surface area contributed by atoms with Gasteiger partial charge in [0.15, 0.2) is 5.82 Å². The highest BCUT2D eigenvalue weighted by atomic mass is 35.5. The van der Waals surface area contributed by atoms with Crippen molar-refractivity contribution in [1.29, 1.82) is 0 Å². The Labute approximate surface area is 146 Å². The highest BCUT2D eigenvalue weighted by Gasteiger charge is 2.13. The van der Waals surface area contributed by atoms with Crippen LogP contribution in [0.15, 0.2) is 36.4 Å². The summed E-state index contributed by atoms with van der Waals surface area (Å²) in [7, 11) is 0. The van der Waals surface area contributed by atoms with Gasteiger partial charge in [-0.15, -0.1) is 0 Å². The number of halogens is 4. The van der Waals surface area contributed by atoms with Crippen LogP contribution in [0.5, 0.6) is 0 Å². The second-order valence-corrected chi connectivity index (χ2v) is 5.71. The lowest BCUT2D eigenvalue weighted by Gasteiger charge is -2.09. The molecule has 2 aromatic carbocycles. The van der Waals surface area contributed by atoms with E-state index >= 15 is 0 Å². The molecule has 0 fully saturated rings. The van der Waals surface area contributed by atoms with Crippen LogP contribution in [0.1, 0.15) is 10.4 Å². The van der Waals surface area contributed by atoms with Gasteiger partial charge in [0.2, 0.25) is 5.91 Å². The van der Waals surface area contributed by atoms with Gasteiger partial charge in [0, 0.05) is 5.02 Å². The number of anilines is 1. The molecule has 0 heterocycles. The van der Waals surface area contributed by atoms with Gasteiger partial charge in [0.1, 0.15) is 0 Å². The summed E-state index contributed by atoms with van der Waals surface area (Å²) in [5.74, 6) is -1.90. The number of carbonyl (C=O) groups is 2. The summed E-state index contributed by atoms with van der Waals surface area (Å²) >= 11 is 17.3. The van der Waals surface area contributed by atoms with Gasteiger partial charge in [-0.05, 0) is 30.3 Å². The predicted octanol–water partition coefficient (Wildman–Crippen LogP) is 4.15. The van der Waals surface area contributed by atoms with Crippen LogP contribution < -0.4 is 10.6 Å². The molecule has 0 spiro atoms. The van der Waals surface area contributed by atoms with E-state index in [1.54, 1.807) is 0 Å². The molecule has 2 rings (SSSR count). The third-order valence-electron chi connectivity index (χ3n) is 2.81. The van der Waals surface area contributed by atoms with Gasteiger partial charge < -0.3 is 10.6 Å². The number of amides is 2. The topological polar surface area (TPSA) is 58.2 Å². The van der Waals surface area contributed by atoms with Crippen molar-refractivity contribution in [3.05, 3.63) is 62.8 Å². The van der Waals surface area contributed by atoms with Gasteiger partial charge in [-0.1, -0.05) is 40.9 Å². The minimum atomic E-state index is -0.741. The van der Waals surface area contributed by atoms with Crippen LogP contribution in [-0.4, -0.2) is 18.4 Å². The monoisotopic (exact) mass is 374 g/mol. The van der Waals surface area contributed by atoms with Crippen LogP contribution in [0.25, 0.3) is 0 Å². The zero-order chi connectivity index (χ0) is 17.0. The van der Waals surface area contributed by atoms with E-state index < -0.39 is 17.6 Å². The standard InChI is InChI=1S/C15H10Cl3FN2O2/c16-8-4-5-9(11(18)6-8)15(23)20-7-13(22)21-12-3-1-2-10(17)14(12)19/h1-6H,7H2,(H,20,23)(H,21,22). The minimum Gasteiger partial charge on any atom is -0.343 e. The van der Waals surface area contributed by atoms with Crippen molar-refractivity contribution in [2.75, 3.05) is 11.9 Å². The summed E-state index contributed by atoms with van der Waals surface area (Å²) in [6, 6.07) is 8.57. The molecular weight excluding hydrogens is 366 g/mol. The number of carbonyl (C=O) groups excluding carboxylic acids is 2. The second-order valence-electron chi connectivity index (χ2n) is 4.46. The molecule has 0 saturated heterocycles. The Morgan fingerprint density at radius 3 is 2.48 bits per heavy atom. The van der Waals surface area contributed by atoms with E-state index in [1.807, 2.05) is 0 Å². The molecule has 2 N–H and O–H groups in total. The van der Waals surface area contributed by atoms with Crippen LogP contribution in [-0.2, 0) is 4.79 Å². The third kappa shape index (κ3) is 4.58. The molecule has 0 aliphatic carbocycles. The van der Waals surface area contributed by atoms with E-state index in [1.165, 1.54) is 36.4 Å². The molecule has 2 aromatic rings. The Morgan fingerprint density at radius 2 is 1.78 bits per heavy atom. The summed E-state index contributed by atoms with van der Waals surface area (Å²) in [6.45, 7) is -0.357. The summed E-state index contributed by atoms with van der Waals surface area (Å²) in [4.78, 5) is 23.7. The highest BCUT2D eigenvalue weighted by Crippen LogP contribution is 2.22. The average Bonchev–Trinajstić information content (AvgIpc) is 2.49. The Bertz CT molecular complexity index is 768. The van der Waals surface area contributed by atoms with Crippen LogP contribution >= 0.6 is 34.8 Å².